The lowest BCUT2D eigenvalue weighted by atomic mass is 10.1. The van der Waals surface area contributed by atoms with Gasteiger partial charge in [-0.1, -0.05) is 38.1 Å². The van der Waals surface area contributed by atoms with Crippen LogP contribution in [0.1, 0.15) is 25.0 Å². The van der Waals surface area contributed by atoms with Crippen LogP contribution in [0.25, 0.3) is 0 Å². The van der Waals surface area contributed by atoms with E-state index in [1.807, 2.05) is 24.3 Å². The van der Waals surface area contributed by atoms with Gasteiger partial charge in [-0.15, -0.1) is 0 Å². The number of nitrogen functional groups attached to an aromatic ring is 1. The molecule has 0 heterocycles. The van der Waals surface area contributed by atoms with Crippen molar-refractivity contribution in [3.63, 3.8) is 0 Å². The summed E-state index contributed by atoms with van der Waals surface area (Å²) in [5.74, 6) is 0.119. The lowest BCUT2D eigenvalue weighted by Gasteiger charge is -2.08. The van der Waals surface area contributed by atoms with Gasteiger partial charge in [0.05, 0.1) is 0 Å². The lowest BCUT2D eigenvalue weighted by Crippen LogP contribution is -2.21. The van der Waals surface area contributed by atoms with Crippen molar-refractivity contribution in [2.75, 3.05) is 0 Å². The normalized spacial score (nSPS) is 10.5. The Balaban J connectivity index is 2.60. The third kappa shape index (κ3) is 3.18. The van der Waals surface area contributed by atoms with Gasteiger partial charge in [0.1, 0.15) is 5.84 Å². The van der Waals surface area contributed by atoms with E-state index in [0.717, 1.165) is 12.1 Å². The molecule has 0 aliphatic heterocycles. The zero-order valence-electron chi connectivity index (χ0n) is 8.67. The number of hydrogen-bond donors (Lipinski definition) is 3. The van der Waals surface area contributed by atoms with Gasteiger partial charge < -0.3 is 11.1 Å². The Morgan fingerprint density at radius 1 is 1.36 bits per heavy atom. The Bertz CT molecular complexity index is 301. The maximum atomic E-state index is 7.24. The SMILES string of the molecule is CC(C)NCc1ccc(C(=N)N)cc1. The van der Waals surface area contributed by atoms with E-state index in [1.165, 1.54) is 5.56 Å². The Morgan fingerprint density at radius 2 is 1.93 bits per heavy atom. The highest BCUT2D eigenvalue weighted by molar-refractivity contribution is 5.94. The zero-order chi connectivity index (χ0) is 10.6. The average Bonchev–Trinajstić information content (AvgIpc) is 2.15. The fourth-order valence-corrected chi connectivity index (χ4v) is 1.12. The monoisotopic (exact) mass is 191 g/mol. The summed E-state index contributed by atoms with van der Waals surface area (Å²) < 4.78 is 0. The van der Waals surface area contributed by atoms with Gasteiger partial charge in [0, 0.05) is 18.2 Å². The van der Waals surface area contributed by atoms with Gasteiger partial charge in [-0.3, -0.25) is 5.41 Å². The highest BCUT2D eigenvalue weighted by atomic mass is 14.9. The summed E-state index contributed by atoms with van der Waals surface area (Å²) in [7, 11) is 0. The van der Waals surface area contributed by atoms with Crippen LogP contribution < -0.4 is 11.1 Å². The van der Waals surface area contributed by atoms with Crippen LogP contribution in [-0.2, 0) is 6.54 Å². The first-order valence-electron chi connectivity index (χ1n) is 4.76. The highest BCUT2D eigenvalue weighted by Gasteiger charge is 1.97. The first kappa shape index (κ1) is 10.7. The fraction of sp³-hybridized carbons (Fsp3) is 0.364. The number of nitrogens with two attached hydrogens (primary N) is 1. The van der Waals surface area contributed by atoms with Crippen molar-refractivity contribution in [2.45, 2.75) is 26.4 Å². The molecule has 0 unspecified atom stereocenters. The molecule has 1 aromatic rings. The third-order valence-electron chi connectivity index (χ3n) is 1.98. The summed E-state index contributed by atoms with van der Waals surface area (Å²) in [4.78, 5) is 0. The molecule has 3 nitrogen and oxygen atoms in total. The van der Waals surface area contributed by atoms with Crippen molar-refractivity contribution in [3.8, 4) is 0 Å². The number of amidine groups is 1. The second-order valence-corrected chi connectivity index (χ2v) is 3.65. The Kier molecular flexibility index (Phi) is 3.65. The van der Waals surface area contributed by atoms with Crippen LogP contribution in [0, 0.1) is 5.41 Å². The zero-order valence-corrected chi connectivity index (χ0v) is 8.67. The van der Waals surface area contributed by atoms with Crippen LogP contribution in [0.4, 0.5) is 0 Å². The molecule has 4 N–H and O–H groups in total. The van der Waals surface area contributed by atoms with E-state index in [9.17, 15) is 0 Å². The minimum atomic E-state index is 0.119. The van der Waals surface area contributed by atoms with Crippen LogP contribution in [0.5, 0.6) is 0 Å². The molecule has 0 radical (unpaired) electrons. The first-order chi connectivity index (χ1) is 6.59. The van der Waals surface area contributed by atoms with Gasteiger partial charge in [0.15, 0.2) is 0 Å². The van der Waals surface area contributed by atoms with Crippen LogP contribution in [0.3, 0.4) is 0 Å². The quantitative estimate of drug-likeness (QED) is 0.498. The van der Waals surface area contributed by atoms with E-state index < -0.39 is 0 Å². The standard InChI is InChI=1S/C11H17N3/c1-8(2)14-7-9-3-5-10(6-4-9)11(12)13/h3-6,8,14H,7H2,1-2H3,(H3,12,13). The van der Waals surface area contributed by atoms with Crippen molar-refractivity contribution < 1.29 is 0 Å². The Morgan fingerprint density at radius 3 is 2.36 bits per heavy atom. The molecule has 0 amide bonds. The van der Waals surface area contributed by atoms with Crippen LogP contribution in [0.2, 0.25) is 0 Å². The molecule has 0 spiro atoms. The van der Waals surface area contributed by atoms with Gasteiger partial charge in [-0.05, 0) is 5.56 Å². The van der Waals surface area contributed by atoms with Crippen molar-refractivity contribution in [2.24, 2.45) is 5.73 Å². The average molecular weight is 191 g/mol. The van der Waals surface area contributed by atoms with Crippen molar-refractivity contribution >= 4 is 5.84 Å². The van der Waals surface area contributed by atoms with E-state index in [2.05, 4.69) is 19.2 Å². The summed E-state index contributed by atoms with van der Waals surface area (Å²) in [6.45, 7) is 5.09. The molecule has 1 rings (SSSR count). The number of nitrogens with one attached hydrogen (secondary N) is 2. The molecule has 0 aromatic heterocycles. The minimum Gasteiger partial charge on any atom is -0.384 e. The van der Waals surface area contributed by atoms with Crippen LogP contribution in [0.15, 0.2) is 24.3 Å². The predicted molar refractivity (Wildman–Crippen MR) is 59.4 cm³/mol. The molecule has 0 aliphatic carbocycles. The van der Waals surface area contributed by atoms with E-state index in [0.29, 0.717) is 6.04 Å². The number of rotatable bonds is 4. The molecule has 0 atom stereocenters. The molecule has 3 heteroatoms. The Hall–Kier alpha value is -1.35. The summed E-state index contributed by atoms with van der Waals surface area (Å²) >= 11 is 0. The lowest BCUT2D eigenvalue weighted by molar-refractivity contribution is 0.589. The van der Waals surface area contributed by atoms with E-state index in [-0.39, 0.29) is 5.84 Å². The highest BCUT2D eigenvalue weighted by Crippen LogP contribution is 2.03. The minimum absolute atomic E-state index is 0.119. The molecule has 14 heavy (non-hydrogen) atoms. The van der Waals surface area contributed by atoms with E-state index in [1.54, 1.807) is 0 Å². The molecule has 0 bridgehead atoms. The molecule has 76 valence electrons. The summed E-state index contributed by atoms with van der Waals surface area (Å²) in [6.07, 6.45) is 0. The summed E-state index contributed by atoms with van der Waals surface area (Å²) in [5, 5.41) is 10.6. The van der Waals surface area contributed by atoms with Gasteiger partial charge >= 0.3 is 0 Å². The van der Waals surface area contributed by atoms with E-state index >= 15 is 0 Å². The molecule has 0 aliphatic rings. The molecule has 0 saturated carbocycles. The van der Waals surface area contributed by atoms with Gasteiger partial charge in [-0.2, -0.15) is 0 Å². The topological polar surface area (TPSA) is 61.9 Å². The van der Waals surface area contributed by atoms with Crippen molar-refractivity contribution in [3.05, 3.63) is 35.4 Å². The maximum Gasteiger partial charge on any atom is 0.122 e. The molecule has 1 aromatic carbocycles. The molecule has 0 fully saturated rings. The number of benzene rings is 1. The van der Waals surface area contributed by atoms with Gasteiger partial charge in [0.2, 0.25) is 0 Å². The molecular weight excluding hydrogens is 174 g/mol. The van der Waals surface area contributed by atoms with Crippen LogP contribution >= 0.6 is 0 Å². The van der Waals surface area contributed by atoms with Gasteiger partial charge in [0.25, 0.3) is 0 Å². The third-order valence-corrected chi connectivity index (χ3v) is 1.98. The van der Waals surface area contributed by atoms with Crippen molar-refractivity contribution in [1.29, 1.82) is 5.41 Å². The maximum absolute atomic E-state index is 7.24. The largest absolute Gasteiger partial charge is 0.384 e. The smallest absolute Gasteiger partial charge is 0.122 e. The summed E-state index contributed by atoms with van der Waals surface area (Å²) in [5.41, 5.74) is 7.34. The van der Waals surface area contributed by atoms with E-state index in [4.69, 9.17) is 11.1 Å². The first-order valence-corrected chi connectivity index (χ1v) is 4.76. The molecular formula is C11H17N3. The predicted octanol–water partition coefficient (Wildman–Crippen LogP) is 1.47. The number of hydrogen-bond acceptors (Lipinski definition) is 2. The second kappa shape index (κ2) is 4.77. The molecule has 0 saturated heterocycles. The van der Waals surface area contributed by atoms with Gasteiger partial charge in [-0.25, -0.2) is 0 Å². The second-order valence-electron chi connectivity index (χ2n) is 3.65. The van der Waals surface area contributed by atoms with Crippen LogP contribution in [-0.4, -0.2) is 11.9 Å². The fourth-order valence-electron chi connectivity index (χ4n) is 1.12. The Labute approximate surface area is 84.8 Å². The summed E-state index contributed by atoms with van der Waals surface area (Å²) in [6, 6.07) is 8.22. The van der Waals surface area contributed by atoms with Crippen molar-refractivity contribution in [1.82, 2.24) is 5.32 Å².